The summed E-state index contributed by atoms with van der Waals surface area (Å²) in [6, 6.07) is 6.85. The van der Waals surface area contributed by atoms with E-state index in [0.717, 1.165) is 0 Å². The second kappa shape index (κ2) is 8.96. The van der Waals surface area contributed by atoms with Crippen LogP contribution >= 0.6 is 0 Å². The topological polar surface area (TPSA) is 113 Å². The van der Waals surface area contributed by atoms with Crippen LogP contribution in [0.25, 0.3) is 0 Å². The van der Waals surface area contributed by atoms with Crippen molar-refractivity contribution >= 4 is 21.9 Å². The number of amides is 1. The molecule has 1 amide bonds. The van der Waals surface area contributed by atoms with Crippen molar-refractivity contribution in [2.45, 2.75) is 51.0 Å². The summed E-state index contributed by atoms with van der Waals surface area (Å²) in [5.41, 5.74) is -0.0380. The summed E-state index contributed by atoms with van der Waals surface area (Å²) in [5.74, 6) is -1.60. The van der Waals surface area contributed by atoms with Gasteiger partial charge in [0.25, 0.3) is 0 Å². The van der Waals surface area contributed by atoms with E-state index < -0.39 is 27.9 Å². The molecule has 0 spiro atoms. The van der Waals surface area contributed by atoms with Crippen molar-refractivity contribution in [1.29, 1.82) is 0 Å². The average Bonchev–Trinajstić information content (AvgIpc) is 2.51. The Labute approximate surface area is 148 Å². The highest BCUT2D eigenvalue weighted by atomic mass is 32.2. The summed E-state index contributed by atoms with van der Waals surface area (Å²) in [7, 11) is -3.68. The van der Waals surface area contributed by atoms with Gasteiger partial charge in [-0.2, -0.15) is 0 Å². The zero-order valence-corrected chi connectivity index (χ0v) is 15.6. The third-order valence-electron chi connectivity index (χ3n) is 3.51. The van der Waals surface area contributed by atoms with E-state index in [1.165, 1.54) is 12.1 Å². The fourth-order valence-electron chi connectivity index (χ4n) is 2.08. The number of hydrogen-bond donors (Lipinski definition) is 3. The highest BCUT2D eigenvalue weighted by Crippen LogP contribution is 2.21. The molecule has 0 saturated carbocycles. The minimum Gasteiger partial charge on any atom is -0.480 e. The number of carboxylic acids is 1. The van der Waals surface area contributed by atoms with Gasteiger partial charge < -0.3 is 10.4 Å². The predicted molar refractivity (Wildman–Crippen MR) is 94.5 cm³/mol. The SMILES string of the molecule is CC(C)(C)CCC(NC(=O)CCNS(=O)(=O)c1ccccc1)C(=O)O. The summed E-state index contributed by atoms with van der Waals surface area (Å²) in [5, 5.41) is 11.6. The number of nitrogens with one attached hydrogen (secondary N) is 2. The first-order chi connectivity index (χ1) is 11.5. The Balaban J connectivity index is 2.49. The maximum absolute atomic E-state index is 12.0. The minimum atomic E-state index is -3.68. The fourth-order valence-corrected chi connectivity index (χ4v) is 3.14. The number of rotatable bonds is 9. The molecule has 7 nitrogen and oxygen atoms in total. The third kappa shape index (κ3) is 8.13. The van der Waals surface area contributed by atoms with Crippen molar-refractivity contribution in [3.8, 4) is 0 Å². The molecule has 25 heavy (non-hydrogen) atoms. The van der Waals surface area contributed by atoms with Crippen LogP contribution in [0.4, 0.5) is 0 Å². The maximum atomic E-state index is 12.0. The van der Waals surface area contributed by atoms with Gasteiger partial charge in [-0.05, 0) is 30.4 Å². The van der Waals surface area contributed by atoms with Gasteiger partial charge in [0.15, 0.2) is 0 Å². The molecule has 1 atom stereocenters. The summed E-state index contributed by atoms with van der Waals surface area (Å²) >= 11 is 0. The van der Waals surface area contributed by atoms with Crippen molar-refractivity contribution in [3.05, 3.63) is 30.3 Å². The van der Waals surface area contributed by atoms with Gasteiger partial charge in [0, 0.05) is 13.0 Å². The molecule has 0 aromatic heterocycles. The fraction of sp³-hybridized carbons (Fsp3) is 0.529. The van der Waals surface area contributed by atoms with Crippen LogP contribution in [0, 0.1) is 5.41 Å². The maximum Gasteiger partial charge on any atom is 0.326 e. The number of sulfonamides is 1. The molecule has 0 saturated heterocycles. The lowest BCUT2D eigenvalue weighted by Crippen LogP contribution is -2.42. The van der Waals surface area contributed by atoms with E-state index in [9.17, 15) is 23.1 Å². The third-order valence-corrected chi connectivity index (χ3v) is 4.99. The highest BCUT2D eigenvalue weighted by Gasteiger charge is 2.23. The summed E-state index contributed by atoms with van der Waals surface area (Å²) in [6.07, 6.45) is 0.830. The quantitative estimate of drug-likeness (QED) is 0.613. The van der Waals surface area contributed by atoms with Crippen molar-refractivity contribution in [2.24, 2.45) is 5.41 Å². The van der Waals surface area contributed by atoms with Crippen LogP contribution in [0.2, 0.25) is 0 Å². The Morgan fingerprint density at radius 1 is 1.16 bits per heavy atom. The van der Waals surface area contributed by atoms with Crippen LogP contribution in [0.5, 0.6) is 0 Å². The number of aliphatic carboxylic acids is 1. The molecule has 140 valence electrons. The van der Waals surface area contributed by atoms with Crippen molar-refractivity contribution in [2.75, 3.05) is 6.54 Å². The monoisotopic (exact) mass is 370 g/mol. The number of carboxylic acid groups (broad SMARTS) is 1. The van der Waals surface area contributed by atoms with Gasteiger partial charge in [-0.25, -0.2) is 17.9 Å². The average molecular weight is 370 g/mol. The number of carbonyl (C=O) groups is 2. The van der Waals surface area contributed by atoms with Crippen molar-refractivity contribution in [1.82, 2.24) is 10.0 Å². The van der Waals surface area contributed by atoms with Gasteiger partial charge in [0.05, 0.1) is 4.90 Å². The summed E-state index contributed by atoms with van der Waals surface area (Å²) < 4.78 is 26.4. The second-order valence-corrected chi connectivity index (χ2v) is 8.79. The lowest BCUT2D eigenvalue weighted by molar-refractivity contribution is -0.142. The molecule has 8 heteroatoms. The lowest BCUT2D eigenvalue weighted by Gasteiger charge is -2.21. The molecule has 1 aromatic rings. The first kappa shape index (κ1) is 21.1. The molecule has 1 rings (SSSR count). The molecular formula is C17H26N2O5S. The van der Waals surface area contributed by atoms with Crippen LogP contribution in [-0.4, -0.2) is 38.0 Å². The zero-order chi connectivity index (χ0) is 19.1. The van der Waals surface area contributed by atoms with Crippen LogP contribution in [0.1, 0.15) is 40.0 Å². The second-order valence-electron chi connectivity index (χ2n) is 7.02. The van der Waals surface area contributed by atoms with Crippen LogP contribution in [-0.2, 0) is 19.6 Å². The van der Waals surface area contributed by atoms with E-state index in [2.05, 4.69) is 10.0 Å². The van der Waals surface area contributed by atoms with E-state index >= 15 is 0 Å². The molecule has 0 aliphatic carbocycles. The van der Waals surface area contributed by atoms with E-state index in [-0.39, 0.29) is 23.3 Å². The van der Waals surface area contributed by atoms with Gasteiger partial charge >= 0.3 is 5.97 Å². The first-order valence-corrected chi connectivity index (χ1v) is 9.56. The van der Waals surface area contributed by atoms with Gasteiger partial charge in [-0.1, -0.05) is 39.0 Å². The Morgan fingerprint density at radius 2 is 1.76 bits per heavy atom. The van der Waals surface area contributed by atoms with Gasteiger partial charge in [0.2, 0.25) is 15.9 Å². The van der Waals surface area contributed by atoms with Crippen molar-refractivity contribution < 1.29 is 23.1 Å². The molecule has 0 radical (unpaired) electrons. The first-order valence-electron chi connectivity index (χ1n) is 8.08. The lowest BCUT2D eigenvalue weighted by atomic mass is 9.88. The molecule has 0 bridgehead atoms. The van der Waals surface area contributed by atoms with E-state index in [1.807, 2.05) is 20.8 Å². The summed E-state index contributed by atoms with van der Waals surface area (Å²) in [6.45, 7) is 5.87. The Morgan fingerprint density at radius 3 is 2.28 bits per heavy atom. The molecular weight excluding hydrogens is 344 g/mol. The molecule has 0 aliphatic heterocycles. The van der Waals surface area contributed by atoms with E-state index in [0.29, 0.717) is 12.8 Å². The highest BCUT2D eigenvalue weighted by molar-refractivity contribution is 7.89. The molecule has 1 aromatic carbocycles. The standard InChI is InChI=1S/C17H26N2O5S/c1-17(2,3)11-9-14(16(21)22)19-15(20)10-12-18-25(23,24)13-7-5-4-6-8-13/h4-8,14,18H,9-12H2,1-3H3,(H,19,20)(H,21,22). The molecule has 0 aliphatic rings. The van der Waals surface area contributed by atoms with Gasteiger partial charge in [0.1, 0.15) is 6.04 Å². The smallest absolute Gasteiger partial charge is 0.326 e. The molecule has 0 fully saturated rings. The largest absolute Gasteiger partial charge is 0.480 e. The Kier molecular flexibility index (Phi) is 7.57. The molecule has 3 N–H and O–H groups in total. The summed E-state index contributed by atoms with van der Waals surface area (Å²) in [4.78, 5) is 23.3. The molecule has 1 unspecified atom stereocenters. The molecule has 0 heterocycles. The van der Waals surface area contributed by atoms with Crippen LogP contribution in [0.15, 0.2) is 35.2 Å². The normalized spacial score (nSPS) is 13.2. The van der Waals surface area contributed by atoms with Crippen molar-refractivity contribution in [3.63, 3.8) is 0 Å². The van der Waals surface area contributed by atoms with E-state index in [1.54, 1.807) is 18.2 Å². The van der Waals surface area contributed by atoms with Gasteiger partial charge in [-0.3, -0.25) is 4.79 Å². The van der Waals surface area contributed by atoms with Crippen LogP contribution in [0.3, 0.4) is 0 Å². The Hall–Kier alpha value is -1.93. The Bertz CT molecular complexity index is 681. The minimum absolute atomic E-state index is 0.0380. The number of benzene rings is 1. The van der Waals surface area contributed by atoms with Crippen LogP contribution < -0.4 is 10.0 Å². The van der Waals surface area contributed by atoms with Gasteiger partial charge in [-0.15, -0.1) is 0 Å². The number of carbonyl (C=O) groups excluding carboxylic acids is 1. The predicted octanol–water partition coefficient (Wildman–Crippen LogP) is 1.75. The van der Waals surface area contributed by atoms with E-state index in [4.69, 9.17) is 0 Å². The number of hydrogen-bond acceptors (Lipinski definition) is 4. The zero-order valence-electron chi connectivity index (χ0n) is 14.8.